The smallest absolute Gasteiger partial charge is 0.299 e. The van der Waals surface area contributed by atoms with Crippen LogP contribution in [0.1, 0.15) is 10.6 Å². The molecule has 0 aliphatic carbocycles. The Hall–Kier alpha value is -1.50. The van der Waals surface area contributed by atoms with E-state index in [1.54, 1.807) is 0 Å². The van der Waals surface area contributed by atoms with Crippen molar-refractivity contribution in [3.8, 4) is 10.9 Å². The molecule has 0 atom stereocenters. The fraction of sp³-hybridized carbons (Fsp3) is 0.273. The topological polar surface area (TPSA) is 75.5 Å². The summed E-state index contributed by atoms with van der Waals surface area (Å²) in [5.74, 6) is 0.655. The van der Waals surface area contributed by atoms with Gasteiger partial charge in [-0.1, -0.05) is 34.6 Å². The van der Waals surface area contributed by atoms with Crippen molar-refractivity contribution in [3.63, 3.8) is 0 Å². The van der Waals surface area contributed by atoms with Gasteiger partial charge in [-0.25, -0.2) is 0 Å². The molecule has 6 heteroatoms. The van der Waals surface area contributed by atoms with E-state index in [1.165, 1.54) is 11.3 Å². The Bertz CT molecular complexity index is 487. The molecule has 2 rings (SSSR count). The van der Waals surface area contributed by atoms with Gasteiger partial charge in [0.1, 0.15) is 10.8 Å². The highest BCUT2D eigenvalue weighted by Crippen LogP contribution is 2.27. The maximum absolute atomic E-state index is 8.94. The zero-order chi connectivity index (χ0) is 12.1. The minimum Gasteiger partial charge on any atom is -0.430 e. The standard InChI is InChI=1S/C11H12N2O3S/c14-6-5-8-3-1-2-4-9(8)16-11-13-12-10(7-15)17-11/h1-4,14-15H,5-7H2. The normalized spacial score (nSPS) is 10.5. The average Bonchev–Trinajstić information content (AvgIpc) is 2.80. The van der Waals surface area contributed by atoms with Gasteiger partial charge in [-0.3, -0.25) is 0 Å². The first-order valence-corrected chi connectivity index (χ1v) is 5.95. The van der Waals surface area contributed by atoms with Crippen molar-refractivity contribution in [1.29, 1.82) is 0 Å². The largest absolute Gasteiger partial charge is 0.430 e. The Morgan fingerprint density at radius 3 is 2.71 bits per heavy atom. The van der Waals surface area contributed by atoms with Crippen molar-refractivity contribution in [2.75, 3.05) is 6.61 Å². The fourth-order valence-corrected chi connectivity index (χ4v) is 1.93. The van der Waals surface area contributed by atoms with Gasteiger partial charge in [-0.15, -0.1) is 5.10 Å². The quantitative estimate of drug-likeness (QED) is 0.840. The summed E-state index contributed by atoms with van der Waals surface area (Å²) in [6.45, 7) is -0.0717. The minimum atomic E-state index is -0.140. The first-order chi connectivity index (χ1) is 8.33. The van der Waals surface area contributed by atoms with Crippen LogP contribution < -0.4 is 4.74 Å². The van der Waals surface area contributed by atoms with Crippen LogP contribution in [0.2, 0.25) is 0 Å². The molecule has 0 fully saturated rings. The molecule has 0 spiro atoms. The summed E-state index contributed by atoms with van der Waals surface area (Å²) in [4.78, 5) is 0. The lowest BCUT2D eigenvalue weighted by Gasteiger charge is -2.06. The lowest BCUT2D eigenvalue weighted by atomic mass is 10.1. The first kappa shape index (κ1) is 12.0. The highest BCUT2D eigenvalue weighted by Gasteiger charge is 2.08. The number of hydrogen-bond donors (Lipinski definition) is 2. The van der Waals surface area contributed by atoms with Crippen molar-refractivity contribution in [2.45, 2.75) is 13.0 Å². The van der Waals surface area contributed by atoms with Crippen LogP contribution in [0.5, 0.6) is 10.9 Å². The number of aliphatic hydroxyl groups is 2. The minimum absolute atomic E-state index is 0.0678. The second-order valence-corrected chi connectivity index (χ2v) is 4.33. The molecule has 1 aromatic heterocycles. The van der Waals surface area contributed by atoms with Crippen molar-refractivity contribution >= 4 is 11.3 Å². The van der Waals surface area contributed by atoms with E-state index in [2.05, 4.69) is 10.2 Å². The zero-order valence-corrected chi connectivity index (χ0v) is 9.85. The first-order valence-electron chi connectivity index (χ1n) is 5.13. The van der Waals surface area contributed by atoms with E-state index in [1.807, 2.05) is 24.3 Å². The van der Waals surface area contributed by atoms with Crippen molar-refractivity contribution in [3.05, 3.63) is 34.8 Å². The monoisotopic (exact) mass is 252 g/mol. The molecule has 1 aromatic carbocycles. The van der Waals surface area contributed by atoms with Crippen LogP contribution >= 0.6 is 11.3 Å². The Labute approximate surface area is 102 Å². The van der Waals surface area contributed by atoms with Gasteiger partial charge in [0, 0.05) is 6.61 Å². The van der Waals surface area contributed by atoms with Crippen LogP contribution in [0.3, 0.4) is 0 Å². The van der Waals surface area contributed by atoms with Crippen LogP contribution in [0.15, 0.2) is 24.3 Å². The second kappa shape index (κ2) is 5.72. The van der Waals surface area contributed by atoms with E-state index in [-0.39, 0.29) is 13.2 Å². The molecule has 0 saturated carbocycles. The molecule has 0 aliphatic rings. The van der Waals surface area contributed by atoms with Crippen LogP contribution in [-0.4, -0.2) is 27.0 Å². The van der Waals surface area contributed by atoms with E-state index < -0.39 is 0 Å². The summed E-state index contributed by atoms with van der Waals surface area (Å²) in [6.07, 6.45) is 0.530. The summed E-state index contributed by atoms with van der Waals surface area (Å²) in [7, 11) is 0. The van der Waals surface area contributed by atoms with Gasteiger partial charge in [-0.2, -0.15) is 0 Å². The maximum atomic E-state index is 8.94. The number of nitrogens with zero attached hydrogens (tertiary/aromatic N) is 2. The van der Waals surface area contributed by atoms with Gasteiger partial charge in [0.25, 0.3) is 5.19 Å². The lowest BCUT2D eigenvalue weighted by Crippen LogP contribution is -1.94. The van der Waals surface area contributed by atoms with Crippen LogP contribution in [0.4, 0.5) is 0 Å². The summed E-state index contributed by atoms with van der Waals surface area (Å²) < 4.78 is 5.57. The SMILES string of the molecule is OCCc1ccccc1Oc1nnc(CO)s1. The molecule has 0 saturated heterocycles. The number of benzene rings is 1. The third-order valence-corrected chi connectivity index (χ3v) is 2.92. The second-order valence-electron chi connectivity index (χ2n) is 3.30. The molecule has 90 valence electrons. The molecule has 0 unspecified atom stereocenters. The van der Waals surface area contributed by atoms with Crippen LogP contribution in [0.25, 0.3) is 0 Å². The van der Waals surface area contributed by atoms with E-state index in [9.17, 15) is 0 Å². The van der Waals surface area contributed by atoms with Gasteiger partial charge in [0.05, 0.1) is 6.61 Å². The molecule has 1 heterocycles. The zero-order valence-electron chi connectivity index (χ0n) is 9.04. The molecular weight excluding hydrogens is 240 g/mol. The van der Waals surface area contributed by atoms with E-state index in [0.717, 1.165) is 5.56 Å². The molecule has 17 heavy (non-hydrogen) atoms. The Morgan fingerprint density at radius 1 is 1.18 bits per heavy atom. The molecule has 0 radical (unpaired) electrons. The molecule has 5 nitrogen and oxygen atoms in total. The molecule has 0 bridgehead atoms. The third kappa shape index (κ3) is 3.00. The molecule has 2 N–H and O–H groups in total. The number of rotatable bonds is 5. The summed E-state index contributed by atoms with van der Waals surface area (Å²) in [5.41, 5.74) is 0.913. The highest BCUT2D eigenvalue weighted by atomic mass is 32.1. The Morgan fingerprint density at radius 2 is 2.00 bits per heavy atom. The number of para-hydroxylation sites is 1. The molecule has 0 amide bonds. The molecule has 0 aliphatic heterocycles. The van der Waals surface area contributed by atoms with E-state index in [4.69, 9.17) is 14.9 Å². The maximum Gasteiger partial charge on any atom is 0.299 e. The van der Waals surface area contributed by atoms with E-state index in [0.29, 0.717) is 22.4 Å². The van der Waals surface area contributed by atoms with Gasteiger partial charge >= 0.3 is 0 Å². The predicted octanol–water partition coefficient (Wildman–Crippen LogP) is 1.36. The molecular formula is C11H12N2O3S. The number of aliphatic hydroxyl groups excluding tert-OH is 2. The van der Waals surface area contributed by atoms with Crippen molar-refractivity contribution in [1.82, 2.24) is 10.2 Å². The van der Waals surface area contributed by atoms with Crippen LogP contribution in [-0.2, 0) is 13.0 Å². The lowest BCUT2D eigenvalue weighted by molar-refractivity contribution is 0.280. The number of hydrogen-bond acceptors (Lipinski definition) is 6. The Kier molecular flexibility index (Phi) is 4.03. The highest BCUT2D eigenvalue weighted by molar-refractivity contribution is 7.13. The molecule has 2 aromatic rings. The van der Waals surface area contributed by atoms with Gasteiger partial charge in [0.15, 0.2) is 0 Å². The summed E-state index contributed by atoms with van der Waals surface area (Å²) in [6, 6.07) is 7.44. The Balaban J connectivity index is 2.17. The number of aromatic nitrogens is 2. The average molecular weight is 252 g/mol. The van der Waals surface area contributed by atoms with Gasteiger partial charge in [0.2, 0.25) is 0 Å². The summed E-state index contributed by atoms with van der Waals surface area (Å²) >= 11 is 1.20. The fourth-order valence-electron chi connectivity index (χ4n) is 1.37. The van der Waals surface area contributed by atoms with Crippen molar-refractivity contribution in [2.24, 2.45) is 0 Å². The van der Waals surface area contributed by atoms with Gasteiger partial charge < -0.3 is 14.9 Å². The van der Waals surface area contributed by atoms with Crippen LogP contribution in [0, 0.1) is 0 Å². The van der Waals surface area contributed by atoms with Gasteiger partial charge in [-0.05, 0) is 18.1 Å². The van der Waals surface area contributed by atoms with E-state index >= 15 is 0 Å². The predicted molar refractivity (Wildman–Crippen MR) is 63.1 cm³/mol. The number of ether oxygens (including phenoxy) is 1. The summed E-state index contributed by atoms with van der Waals surface area (Å²) in [5, 5.41) is 26.3. The van der Waals surface area contributed by atoms with Crippen molar-refractivity contribution < 1.29 is 14.9 Å². The third-order valence-electron chi connectivity index (χ3n) is 2.13.